The number of hydrogen-bond acceptors (Lipinski definition) is 5. The van der Waals surface area contributed by atoms with Gasteiger partial charge in [-0.15, -0.1) is 0 Å². The zero-order valence-corrected chi connectivity index (χ0v) is 28.4. The van der Waals surface area contributed by atoms with E-state index < -0.39 is 34.1 Å². The summed E-state index contributed by atoms with van der Waals surface area (Å²) in [6.45, 7) is 4.89. The number of nitrogens with zero attached hydrogens (tertiary/aromatic N) is 2. The molecule has 2 amide bonds. The molecule has 4 rings (SSSR count). The third-order valence-corrected chi connectivity index (χ3v) is 9.58. The highest BCUT2D eigenvalue weighted by Crippen LogP contribution is 2.33. The second kappa shape index (κ2) is 15.0. The molecule has 0 radical (unpaired) electrons. The topological polar surface area (TPSA) is 96.0 Å². The lowest BCUT2D eigenvalue weighted by Gasteiger charge is -2.35. The van der Waals surface area contributed by atoms with Crippen LogP contribution in [0.4, 0.5) is 5.69 Å². The van der Waals surface area contributed by atoms with Gasteiger partial charge < -0.3 is 15.0 Å². The van der Waals surface area contributed by atoms with E-state index in [1.54, 1.807) is 60.7 Å². The normalized spacial score (nSPS) is 12.2. The van der Waals surface area contributed by atoms with Crippen molar-refractivity contribution >= 4 is 50.7 Å². The molecule has 0 aliphatic heterocycles. The molecule has 0 aromatic heterocycles. The number of ether oxygens (including phenoxy) is 1. The molecular weight excluding hydrogens is 645 g/mol. The molecule has 8 nitrogen and oxygen atoms in total. The van der Waals surface area contributed by atoms with Crippen molar-refractivity contribution in [3.63, 3.8) is 0 Å². The molecule has 0 fully saturated rings. The SMILES string of the molecule is COc1ccccc1N(CC(=O)N(Cc1ccc(Cl)c(Cl)c1)[C@H](Cc1ccccc1)C(=O)NC(C)(C)C)S(=O)(=O)c1ccccc1. The molecule has 0 aliphatic rings. The molecule has 11 heteroatoms. The van der Waals surface area contributed by atoms with Gasteiger partial charge in [0.2, 0.25) is 11.8 Å². The van der Waals surface area contributed by atoms with Crippen LogP contribution in [0.15, 0.2) is 108 Å². The predicted octanol–water partition coefficient (Wildman–Crippen LogP) is 6.75. The molecule has 0 saturated carbocycles. The largest absolute Gasteiger partial charge is 0.495 e. The van der Waals surface area contributed by atoms with Gasteiger partial charge in [-0.3, -0.25) is 13.9 Å². The maximum Gasteiger partial charge on any atom is 0.264 e. The Hall–Kier alpha value is -4.05. The molecule has 0 bridgehead atoms. The summed E-state index contributed by atoms with van der Waals surface area (Å²) in [5.41, 5.74) is 1.00. The molecule has 46 heavy (non-hydrogen) atoms. The molecule has 4 aromatic rings. The van der Waals surface area contributed by atoms with Gasteiger partial charge in [0.15, 0.2) is 0 Å². The maximum atomic E-state index is 14.6. The van der Waals surface area contributed by atoms with Crippen LogP contribution in [0.3, 0.4) is 0 Å². The first-order valence-electron chi connectivity index (χ1n) is 14.6. The molecule has 0 aliphatic carbocycles. The molecule has 0 heterocycles. The van der Waals surface area contributed by atoms with Gasteiger partial charge in [0.1, 0.15) is 18.3 Å². The smallest absolute Gasteiger partial charge is 0.264 e. The van der Waals surface area contributed by atoms with E-state index in [9.17, 15) is 18.0 Å². The van der Waals surface area contributed by atoms with E-state index in [0.29, 0.717) is 10.6 Å². The summed E-state index contributed by atoms with van der Waals surface area (Å²) in [6, 6.07) is 27.7. The molecule has 0 unspecified atom stereocenters. The van der Waals surface area contributed by atoms with Gasteiger partial charge in [0.25, 0.3) is 10.0 Å². The Morgan fingerprint density at radius 3 is 2.04 bits per heavy atom. The van der Waals surface area contributed by atoms with E-state index in [4.69, 9.17) is 27.9 Å². The summed E-state index contributed by atoms with van der Waals surface area (Å²) in [7, 11) is -2.84. The predicted molar refractivity (Wildman–Crippen MR) is 183 cm³/mol. The average molecular weight is 683 g/mol. The lowest BCUT2D eigenvalue weighted by atomic mass is 10.0. The van der Waals surface area contributed by atoms with Gasteiger partial charge in [-0.1, -0.05) is 89.9 Å². The number of anilines is 1. The average Bonchev–Trinajstić information content (AvgIpc) is 3.03. The number of methoxy groups -OCH3 is 1. The Morgan fingerprint density at radius 1 is 0.826 bits per heavy atom. The number of carbonyl (C=O) groups is 2. The molecule has 1 N–H and O–H groups in total. The summed E-state index contributed by atoms with van der Waals surface area (Å²) in [5.74, 6) is -0.738. The van der Waals surface area contributed by atoms with E-state index in [1.807, 2.05) is 51.1 Å². The highest BCUT2D eigenvalue weighted by molar-refractivity contribution is 7.92. The van der Waals surface area contributed by atoms with Crippen LogP contribution >= 0.6 is 23.2 Å². The van der Waals surface area contributed by atoms with Crippen LogP contribution in [-0.2, 0) is 32.6 Å². The number of sulfonamides is 1. The van der Waals surface area contributed by atoms with Gasteiger partial charge in [-0.2, -0.15) is 0 Å². The van der Waals surface area contributed by atoms with Crippen molar-refractivity contribution in [2.75, 3.05) is 18.0 Å². The highest BCUT2D eigenvalue weighted by atomic mass is 35.5. The zero-order chi connectivity index (χ0) is 33.5. The van der Waals surface area contributed by atoms with Crippen LogP contribution in [0, 0.1) is 0 Å². The van der Waals surface area contributed by atoms with E-state index in [1.165, 1.54) is 24.1 Å². The van der Waals surface area contributed by atoms with Gasteiger partial charge in [-0.25, -0.2) is 8.42 Å². The summed E-state index contributed by atoms with van der Waals surface area (Å²) in [6.07, 6.45) is 0.176. The third-order valence-electron chi connectivity index (χ3n) is 7.07. The number of amides is 2. The fourth-order valence-electron chi connectivity index (χ4n) is 4.91. The van der Waals surface area contributed by atoms with Crippen molar-refractivity contribution in [2.24, 2.45) is 0 Å². The minimum atomic E-state index is -4.27. The third kappa shape index (κ3) is 8.81. The van der Waals surface area contributed by atoms with Crippen molar-refractivity contribution < 1.29 is 22.7 Å². The van der Waals surface area contributed by atoms with Crippen LogP contribution in [0.25, 0.3) is 0 Å². The number of halogens is 2. The number of benzene rings is 4. The molecule has 0 saturated heterocycles. The quantitative estimate of drug-likeness (QED) is 0.178. The minimum absolute atomic E-state index is 0.00366. The first-order chi connectivity index (χ1) is 21.8. The zero-order valence-electron chi connectivity index (χ0n) is 26.1. The first kappa shape index (κ1) is 34.8. The number of carbonyl (C=O) groups excluding carboxylic acids is 2. The number of nitrogens with one attached hydrogen (secondary N) is 1. The first-order valence-corrected chi connectivity index (χ1v) is 16.8. The summed E-state index contributed by atoms with van der Waals surface area (Å²) in [5, 5.41) is 3.63. The summed E-state index contributed by atoms with van der Waals surface area (Å²) in [4.78, 5) is 30.0. The summed E-state index contributed by atoms with van der Waals surface area (Å²) >= 11 is 12.5. The van der Waals surface area contributed by atoms with Gasteiger partial charge >= 0.3 is 0 Å². The van der Waals surface area contributed by atoms with Crippen LogP contribution in [-0.4, -0.2) is 50.4 Å². The lowest BCUT2D eigenvalue weighted by molar-refractivity contribution is -0.140. The highest BCUT2D eigenvalue weighted by Gasteiger charge is 2.36. The monoisotopic (exact) mass is 681 g/mol. The Bertz CT molecular complexity index is 1760. The molecule has 4 aromatic carbocycles. The molecule has 242 valence electrons. The summed E-state index contributed by atoms with van der Waals surface area (Å²) < 4.78 is 34.9. The van der Waals surface area contributed by atoms with Crippen LogP contribution in [0.1, 0.15) is 31.9 Å². The van der Waals surface area contributed by atoms with E-state index in [-0.39, 0.29) is 40.2 Å². The van der Waals surface area contributed by atoms with E-state index >= 15 is 0 Å². The van der Waals surface area contributed by atoms with Gasteiger partial charge in [-0.05, 0) is 68.3 Å². The van der Waals surface area contributed by atoms with Crippen molar-refractivity contribution in [1.82, 2.24) is 10.2 Å². The Kier molecular flexibility index (Phi) is 11.4. The Morgan fingerprint density at radius 2 is 1.43 bits per heavy atom. The van der Waals surface area contributed by atoms with Crippen molar-refractivity contribution in [3.8, 4) is 5.75 Å². The van der Waals surface area contributed by atoms with Crippen LogP contribution in [0.2, 0.25) is 10.0 Å². The fourth-order valence-corrected chi connectivity index (χ4v) is 6.68. The molecular formula is C35H37Cl2N3O5S. The molecule has 0 spiro atoms. The van der Waals surface area contributed by atoms with Crippen LogP contribution < -0.4 is 14.4 Å². The Balaban J connectivity index is 1.85. The van der Waals surface area contributed by atoms with E-state index in [2.05, 4.69) is 5.32 Å². The van der Waals surface area contributed by atoms with Crippen LogP contribution in [0.5, 0.6) is 5.75 Å². The van der Waals surface area contributed by atoms with Crippen molar-refractivity contribution in [3.05, 3.63) is 124 Å². The molecule has 1 atom stereocenters. The standard InChI is InChI=1S/C35H37Cl2N3O5S/c1-35(2,3)38-34(42)31(22-25-13-7-5-8-14-25)39(23-26-19-20-28(36)29(37)21-26)33(41)24-40(30-17-11-12-18-32(30)45-4)46(43,44)27-15-9-6-10-16-27/h5-21,31H,22-24H2,1-4H3,(H,38,42)/t31-/m1/s1. The second-order valence-corrected chi connectivity index (χ2v) is 14.4. The lowest BCUT2D eigenvalue weighted by Crippen LogP contribution is -2.56. The number of hydrogen-bond donors (Lipinski definition) is 1. The number of rotatable bonds is 12. The minimum Gasteiger partial charge on any atom is -0.495 e. The Labute approximate surface area is 280 Å². The second-order valence-electron chi connectivity index (χ2n) is 11.7. The number of para-hydroxylation sites is 2. The maximum absolute atomic E-state index is 14.6. The van der Waals surface area contributed by atoms with Gasteiger partial charge in [0.05, 0.1) is 27.7 Å². The fraction of sp³-hybridized carbons (Fsp3) is 0.257. The van der Waals surface area contributed by atoms with E-state index in [0.717, 1.165) is 9.87 Å². The van der Waals surface area contributed by atoms with Gasteiger partial charge in [0, 0.05) is 18.5 Å². The van der Waals surface area contributed by atoms with Crippen molar-refractivity contribution in [1.29, 1.82) is 0 Å². The van der Waals surface area contributed by atoms with Crippen molar-refractivity contribution in [2.45, 2.75) is 50.2 Å².